The van der Waals surface area contributed by atoms with Crippen molar-refractivity contribution in [3.8, 4) is 0 Å². The van der Waals surface area contributed by atoms with E-state index in [1.807, 2.05) is 0 Å². The number of nitrogens with zero attached hydrogens (tertiary/aromatic N) is 1. The van der Waals surface area contributed by atoms with Crippen molar-refractivity contribution in [3.05, 3.63) is 22.9 Å². The van der Waals surface area contributed by atoms with Gasteiger partial charge in [0, 0.05) is 10.9 Å². The smallest absolute Gasteiger partial charge is 0.310 e. The Morgan fingerprint density at radius 2 is 2.22 bits per heavy atom. The Balaban J connectivity index is 3.10. The molecule has 100 valence electrons. The Bertz CT molecular complexity index is 441. The highest BCUT2D eigenvalue weighted by Gasteiger charge is 2.19. The van der Waals surface area contributed by atoms with Crippen LogP contribution < -0.4 is 5.73 Å². The van der Waals surface area contributed by atoms with Crippen LogP contribution in [-0.2, 0) is 21.3 Å². The minimum absolute atomic E-state index is 0.0368. The number of alkyl halides is 3. The van der Waals surface area contributed by atoms with Gasteiger partial charge in [0.2, 0.25) is 0 Å². The van der Waals surface area contributed by atoms with E-state index in [0.717, 1.165) is 0 Å². The lowest BCUT2D eigenvalue weighted by atomic mass is 10.1. The molecule has 1 aromatic rings. The number of nitrogen functional groups attached to an aromatic ring is 1. The molecule has 0 aliphatic heterocycles. The number of pyridine rings is 1. The molecule has 18 heavy (non-hydrogen) atoms. The van der Waals surface area contributed by atoms with E-state index in [-0.39, 0.29) is 24.4 Å². The summed E-state index contributed by atoms with van der Waals surface area (Å²) in [5.41, 5.74) is 5.78. The van der Waals surface area contributed by atoms with E-state index in [4.69, 9.17) is 10.5 Å². The third kappa shape index (κ3) is 3.63. The zero-order valence-corrected chi connectivity index (χ0v) is 11.3. The van der Waals surface area contributed by atoms with Gasteiger partial charge >= 0.3 is 5.97 Å². The molecule has 0 saturated carbocycles. The maximum atomic E-state index is 12.8. The summed E-state index contributed by atoms with van der Waals surface area (Å²) in [6, 6.07) is 1.45. The van der Waals surface area contributed by atoms with Gasteiger partial charge in [-0.15, -0.1) is 0 Å². The van der Waals surface area contributed by atoms with Crippen molar-refractivity contribution in [3.63, 3.8) is 0 Å². The maximum absolute atomic E-state index is 12.8. The van der Waals surface area contributed by atoms with Crippen molar-refractivity contribution >= 4 is 27.7 Å². The van der Waals surface area contributed by atoms with Crippen LogP contribution in [0.5, 0.6) is 0 Å². The lowest BCUT2D eigenvalue weighted by Gasteiger charge is -2.11. The molecule has 0 radical (unpaired) electrons. The van der Waals surface area contributed by atoms with E-state index in [2.05, 4.69) is 20.9 Å². The lowest BCUT2D eigenvalue weighted by molar-refractivity contribution is -0.142. The number of carbonyl (C=O) groups is 1. The number of aromatic nitrogens is 1. The summed E-state index contributed by atoms with van der Waals surface area (Å²) in [6.07, 6.45) is -3.01. The van der Waals surface area contributed by atoms with E-state index in [1.165, 1.54) is 6.07 Å². The summed E-state index contributed by atoms with van der Waals surface area (Å²) in [4.78, 5) is 15.0. The van der Waals surface area contributed by atoms with Crippen molar-refractivity contribution in [1.82, 2.24) is 4.98 Å². The molecular formula is C11H13BrF2N2O2. The zero-order chi connectivity index (χ0) is 13.7. The number of anilines is 1. The first-order valence-corrected chi connectivity index (χ1v) is 6.39. The highest BCUT2D eigenvalue weighted by atomic mass is 79.9. The molecule has 0 aliphatic rings. The number of ether oxygens (including phenoxy) is 1. The molecule has 4 nitrogen and oxygen atoms in total. The summed E-state index contributed by atoms with van der Waals surface area (Å²) in [7, 11) is 0. The average Bonchev–Trinajstić information content (AvgIpc) is 2.30. The number of hydrogen-bond acceptors (Lipinski definition) is 4. The van der Waals surface area contributed by atoms with Crippen molar-refractivity contribution in [2.75, 3.05) is 12.3 Å². The molecule has 0 spiro atoms. The third-order valence-electron chi connectivity index (χ3n) is 2.24. The molecule has 2 N–H and O–H groups in total. The Hall–Kier alpha value is -1.24. The minimum Gasteiger partial charge on any atom is -0.466 e. The van der Waals surface area contributed by atoms with Gasteiger partial charge in [-0.3, -0.25) is 4.79 Å². The molecule has 0 aliphatic carbocycles. The minimum atomic E-state index is -2.78. The second-order valence-electron chi connectivity index (χ2n) is 3.49. The summed E-state index contributed by atoms with van der Waals surface area (Å²) in [6.45, 7) is 1.85. The molecule has 7 heteroatoms. The quantitative estimate of drug-likeness (QED) is 0.668. The monoisotopic (exact) mass is 322 g/mol. The van der Waals surface area contributed by atoms with E-state index < -0.39 is 18.1 Å². The Labute approximate surface area is 112 Å². The highest BCUT2D eigenvalue weighted by molar-refractivity contribution is 9.08. The fourth-order valence-electron chi connectivity index (χ4n) is 1.44. The van der Waals surface area contributed by atoms with E-state index in [1.54, 1.807) is 6.92 Å². The molecule has 0 aromatic carbocycles. The molecule has 1 aromatic heterocycles. The van der Waals surface area contributed by atoms with E-state index in [0.29, 0.717) is 10.9 Å². The zero-order valence-electron chi connectivity index (χ0n) is 9.75. The molecule has 0 atom stereocenters. The SMILES string of the molecule is CCOC(=O)Cc1cc(CBr)c(N)nc1C(F)F. The topological polar surface area (TPSA) is 65.2 Å². The predicted octanol–water partition coefficient (Wildman–Crippen LogP) is 2.60. The molecule has 1 rings (SSSR count). The van der Waals surface area contributed by atoms with Gasteiger partial charge in [0.1, 0.15) is 11.5 Å². The molecule has 0 bridgehead atoms. The lowest BCUT2D eigenvalue weighted by Crippen LogP contribution is -2.12. The van der Waals surface area contributed by atoms with Crippen LogP contribution in [0.1, 0.15) is 30.2 Å². The fourth-order valence-corrected chi connectivity index (χ4v) is 1.89. The number of carbonyl (C=O) groups excluding carboxylic acids is 1. The van der Waals surface area contributed by atoms with Gasteiger partial charge < -0.3 is 10.5 Å². The van der Waals surface area contributed by atoms with Gasteiger partial charge in [-0.05, 0) is 18.6 Å². The first kappa shape index (κ1) is 14.8. The van der Waals surface area contributed by atoms with Crippen molar-refractivity contribution in [1.29, 1.82) is 0 Å². The maximum Gasteiger partial charge on any atom is 0.310 e. The van der Waals surface area contributed by atoms with Gasteiger partial charge in [-0.25, -0.2) is 13.8 Å². The average molecular weight is 323 g/mol. The number of esters is 1. The molecule has 1 heterocycles. The van der Waals surface area contributed by atoms with Crippen LogP contribution in [0.25, 0.3) is 0 Å². The van der Waals surface area contributed by atoms with E-state index in [9.17, 15) is 13.6 Å². The molecule has 0 amide bonds. The van der Waals surface area contributed by atoms with Crippen molar-refractivity contribution in [2.24, 2.45) is 0 Å². The fraction of sp³-hybridized carbons (Fsp3) is 0.455. The van der Waals surface area contributed by atoms with Crippen LogP contribution in [-0.4, -0.2) is 17.6 Å². The van der Waals surface area contributed by atoms with Crippen LogP contribution in [0.15, 0.2) is 6.07 Å². The first-order chi connectivity index (χ1) is 8.49. The highest BCUT2D eigenvalue weighted by Crippen LogP contribution is 2.26. The van der Waals surface area contributed by atoms with Crippen molar-refractivity contribution < 1.29 is 18.3 Å². The van der Waals surface area contributed by atoms with Crippen LogP contribution in [0, 0.1) is 0 Å². The van der Waals surface area contributed by atoms with Crippen LogP contribution in [0.4, 0.5) is 14.6 Å². The predicted molar refractivity (Wildman–Crippen MR) is 66.6 cm³/mol. The van der Waals surface area contributed by atoms with Crippen LogP contribution in [0.3, 0.4) is 0 Å². The Morgan fingerprint density at radius 3 is 2.72 bits per heavy atom. The second kappa shape index (κ2) is 6.63. The molecule has 0 saturated heterocycles. The third-order valence-corrected chi connectivity index (χ3v) is 2.84. The van der Waals surface area contributed by atoms with Gasteiger partial charge in [0.15, 0.2) is 0 Å². The molecule has 0 unspecified atom stereocenters. The first-order valence-electron chi connectivity index (χ1n) is 5.27. The number of hydrogen-bond donors (Lipinski definition) is 1. The largest absolute Gasteiger partial charge is 0.466 e. The van der Waals surface area contributed by atoms with Crippen molar-refractivity contribution in [2.45, 2.75) is 25.1 Å². The summed E-state index contributed by atoms with van der Waals surface area (Å²) < 4.78 is 30.3. The summed E-state index contributed by atoms with van der Waals surface area (Å²) in [5, 5.41) is 0.380. The number of halogens is 3. The van der Waals surface area contributed by atoms with Crippen LogP contribution in [0.2, 0.25) is 0 Å². The number of rotatable bonds is 5. The Kier molecular flexibility index (Phi) is 5.46. The number of nitrogens with two attached hydrogens (primary N) is 1. The van der Waals surface area contributed by atoms with Gasteiger partial charge in [0.25, 0.3) is 6.43 Å². The van der Waals surface area contributed by atoms with Gasteiger partial charge in [-0.1, -0.05) is 15.9 Å². The van der Waals surface area contributed by atoms with Crippen LogP contribution >= 0.6 is 15.9 Å². The normalized spacial score (nSPS) is 10.7. The second-order valence-corrected chi connectivity index (χ2v) is 4.05. The van der Waals surface area contributed by atoms with E-state index >= 15 is 0 Å². The van der Waals surface area contributed by atoms with Gasteiger partial charge in [0.05, 0.1) is 13.0 Å². The van der Waals surface area contributed by atoms with Gasteiger partial charge in [-0.2, -0.15) is 0 Å². The standard InChI is InChI=1S/C11H13BrF2N2O2/c1-2-18-8(17)4-6-3-7(5-12)11(15)16-9(6)10(13)14/h3,10H,2,4-5H2,1H3,(H2,15,16). The Morgan fingerprint density at radius 1 is 1.56 bits per heavy atom. The summed E-state index contributed by atoms with van der Waals surface area (Å²) >= 11 is 3.18. The molecule has 0 fully saturated rings. The molecular weight excluding hydrogens is 310 g/mol. The summed E-state index contributed by atoms with van der Waals surface area (Å²) in [5.74, 6) is -0.527.